The first-order chi connectivity index (χ1) is 16.1. The molecule has 2 N–H and O–H groups in total. The summed E-state index contributed by atoms with van der Waals surface area (Å²) in [6.07, 6.45) is -6.86. The van der Waals surface area contributed by atoms with Gasteiger partial charge in [0.1, 0.15) is 5.75 Å². The van der Waals surface area contributed by atoms with Crippen molar-refractivity contribution >= 4 is 33.2 Å². The monoisotopic (exact) mass is 544 g/mol. The van der Waals surface area contributed by atoms with Gasteiger partial charge in [0, 0.05) is 11.7 Å². The van der Waals surface area contributed by atoms with Crippen LogP contribution in [0.15, 0.2) is 41.3 Å². The van der Waals surface area contributed by atoms with E-state index in [4.69, 9.17) is 16.3 Å². The fourth-order valence-corrected chi connectivity index (χ4v) is 5.09. The number of amides is 1. The van der Waals surface area contributed by atoms with Crippen molar-refractivity contribution in [2.75, 3.05) is 11.9 Å². The van der Waals surface area contributed by atoms with Gasteiger partial charge in [0.2, 0.25) is 10.0 Å². The molecule has 1 fully saturated rings. The highest BCUT2D eigenvalue weighted by Crippen LogP contribution is 2.37. The fraction of sp³-hybridized carbons (Fsp3) is 0.381. The van der Waals surface area contributed by atoms with Crippen molar-refractivity contribution in [2.45, 2.75) is 49.0 Å². The number of carbonyl (C=O) groups is 1. The number of alkyl halides is 6. The molecule has 0 saturated heterocycles. The van der Waals surface area contributed by atoms with Gasteiger partial charge < -0.3 is 10.1 Å². The maximum absolute atomic E-state index is 13.0. The average Bonchev–Trinajstić information content (AvgIpc) is 3.23. The number of nitrogens with one attached hydrogen (secondary N) is 2. The number of anilines is 1. The van der Waals surface area contributed by atoms with Gasteiger partial charge in [0.15, 0.2) is 6.61 Å². The molecule has 1 aliphatic carbocycles. The largest absolute Gasteiger partial charge is 0.482 e. The van der Waals surface area contributed by atoms with E-state index in [1.165, 1.54) is 12.1 Å². The van der Waals surface area contributed by atoms with E-state index in [2.05, 4.69) is 4.72 Å². The number of hydrogen-bond donors (Lipinski definition) is 2. The zero-order chi connectivity index (χ0) is 26.0. The molecule has 1 aliphatic rings. The third kappa shape index (κ3) is 7.24. The van der Waals surface area contributed by atoms with E-state index >= 15 is 0 Å². The van der Waals surface area contributed by atoms with E-state index in [1.807, 2.05) is 5.32 Å². The van der Waals surface area contributed by atoms with Gasteiger partial charge in [-0.15, -0.1) is 0 Å². The summed E-state index contributed by atoms with van der Waals surface area (Å²) in [6.45, 7) is -0.816. The first-order valence-electron chi connectivity index (χ1n) is 10.2. The Hall–Kier alpha value is -2.51. The lowest BCUT2D eigenvalue weighted by atomic mass is 10.1. The lowest BCUT2D eigenvalue weighted by Gasteiger charge is -2.15. The van der Waals surface area contributed by atoms with Crippen LogP contribution in [0.1, 0.15) is 36.8 Å². The molecule has 0 spiro atoms. The van der Waals surface area contributed by atoms with E-state index in [0.717, 1.165) is 31.7 Å². The van der Waals surface area contributed by atoms with Crippen molar-refractivity contribution in [3.05, 3.63) is 52.5 Å². The highest BCUT2D eigenvalue weighted by Gasteiger charge is 2.37. The lowest BCUT2D eigenvalue weighted by molar-refractivity contribution is -0.143. The molecule has 192 valence electrons. The SMILES string of the molecule is O=C(COc1ccc(S(=O)(=O)NC2CCCC2)cc1Cl)Nc1cc(C(F)(F)F)cc(C(F)(F)F)c1. The first kappa shape index (κ1) is 27.1. The van der Waals surface area contributed by atoms with Crippen LogP contribution in [0.3, 0.4) is 0 Å². The highest BCUT2D eigenvalue weighted by atomic mass is 35.5. The normalized spacial score (nSPS) is 15.3. The Kier molecular flexibility index (Phi) is 7.92. The molecule has 2 aromatic carbocycles. The predicted molar refractivity (Wildman–Crippen MR) is 115 cm³/mol. The van der Waals surface area contributed by atoms with Gasteiger partial charge in [0.05, 0.1) is 21.0 Å². The minimum Gasteiger partial charge on any atom is -0.482 e. The standard InChI is InChI=1S/C21H19ClF6N2O4S/c22-17-10-16(35(32,33)30-14-3-1-2-4-14)5-6-18(17)34-11-19(31)29-15-8-12(20(23,24)25)7-13(9-15)21(26,27)28/h5-10,14,30H,1-4,11H2,(H,29,31). The smallest absolute Gasteiger partial charge is 0.416 e. The van der Waals surface area contributed by atoms with Crippen LogP contribution >= 0.6 is 11.6 Å². The Balaban J connectivity index is 1.68. The molecule has 0 bridgehead atoms. The third-order valence-corrected chi connectivity index (χ3v) is 6.93. The fourth-order valence-electron chi connectivity index (χ4n) is 3.46. The predicted octanol–water partition coefficient (Wildman–Crippen LogP) is 5.62. The van der Waals surface area contributed by atoms with Crippen molar-refractivity contribution < 1.29 is 44.3 Å². The Morgan fingerprint density at radius 3 is 2.06 bits per heavy atom. The third-order valence-electron chi connectivity index (χ3n) is 5.12. The van der Waals surface area contributed by atoms with Gasteiger partial charge in [-0.3, -0.25) is 4.79 Å². The molecule has 0 radical (unpaired) electrons. The molecular weight excluding hydrogens is 526 g/mol. The molecule has 0 aromatic heterocycles. The number of rotatable bonds is 7. The molecule has 6 nitrogen and oxygen atoms in total. The summed E-state index contributed by atoms with van der Waals surface area (Å²) < 4.78 is 110. The second-order valence-corrected chi connectivity index (χ2v) is 9.95. The van der Waals surface area contributed by atoms with Crippen LogP contribution in [0, 0.1) is 0 Å². The van der Waals surface area contributed by atoms with Gasteiger partial charge >= 0.3 is 12.4 Å². The van der Waals surface area contributed by atoms with Gasteiger partial charge in [-0.1, -0.05) is 24.4 Å². The molecule has 0 unspecified atom stereocenters. The number of benzene rings is 2. The van der Waals surface area contributed by atoms with Gasteiger partial charge in [-0.2, -0.15) is 26.3 Å². The minimum absolute atomic E-state index is 0.0664. The summed E-state index contributed by atoms with van der Waals surface area (Å²) in [6, 6.07) is 3.96. The summed E-state index contributed by atoms with van der Waals surface area (Å²) in [4.78, 5) is 12.0. The quantitative estimate of drug-likeness (QED) is 0.443. The van der Waals surface area contributed by atoms with Crippen LogP contribution in [-0.4, -0.2) is 27.0 Å². The number of sulfonamides is 1. The Bertz CT molecular complexity index is 1160. The molecule has 0 aliphatic heterocycles. The second kappa shape index (κ2) is 10.2. The molecule has 0 heterocycles. The van der Waals surface area contributed by atoms with Crippen molar-refractivity contribution in [3.63, 3.8) is 0 Å². The van der Waals surface area contributed by atoms with Crippen molar-refractivity contribution in [1.82, 2.24) is 4.72 Å². The molecule has 0 atom stereocenters. The summed E-state index contributed by atoms with van der Waals surface area (Å²) >= 11 is 6.04. The number of hydrogen-bond acceptors (Lipinski definition) is 4. The average molecular weight is 545 g/mol. The molecule has 2 aromatic rings. The molecule has 35 heavy (non-hydrogen) atoms. The van der Waals surface area contributed by atoms with Crippen molar-refractivity contribution in [3.8, 4) is 5.75 Å². The van der Waals surface area contributed by atoms with E-state index in [-0.39, 0.29) is 27.8 Å². The minimum atomic E-state index is -5.07. The van der Waals surface area contributed by atoms with E-state index in [9.17, 15) is 39.6 Å². The summed E-state index contributed by atoms with van der Waals surface area (Å²) in [7, 11) is -3.84. The number of ether oxygens (including phenoxy) is 1. The van der Waals surface area contributed by atoms with Gasteiger partial charge in [-0.05, 0) is 49.2 Å². The summed E-state index contributed by atoms with van der Waals surface area (Å²) in [5.74, 6) is -1.17. The highest BCUT2D eigenvalue weighted by molar-refractivity contribution is 7.89. The van der Waals surface area contributed by atoms with Gasteiger partial charge in [-0.25, -0.2) is 13.1 Å². The van der Waals surface area contributed by atoms with Crippen LogP contribution in [0.25, 0.3) is 0 Å². The van der Waals surface area contributed by atoms with Crippen LogP contribution in [0.5, 0.6) is 5.75 Å². The lowest BCUT2D eigenvalue weighted by Crippen LogP contribution is -2.32. The molecule has 1 amide bonds. The molecule has 1 saturated carbocycles. The zero-order valence-corrected chi connectivity index (χ0v) is 19.3. The Morgan fingerprint density at radius 2 is 1.54 bits per heavy atom. The van der Waals surface area contributed by atoms with E-state index in [0.29, 0.717) is 12.1 Å². The van der Waals surface area contributed by atoms with E-state index in [1.54, 1.807) is 0 Å². The molecule has 3 rings (SSSR count). The maximum Gasteiger partial charge on any atom is 0.416 e. The topological polar surface area (TPSA) is 84.5 Å². The second-order valence-electron chi connectivity index (χ2n) is 7.83. The summed E-state index contributed by atoms with van der Waals surface area (Å²) in [5, 5.41) is 1.76. The van der Waals surface area contributed by atoms with Crippen molar-refractivity contribution in [1.29, 1.82) is 0 Å². The summed E-state index contributed by atoms with van der Waals surface area (Å²) in [5.41, 5.74) is -3.91. The molecule has 14 heteroatoms. The van der Waals surface area contributed by atoms with Crippen LogP contribution in [0.4, 0.5) is 32.0 Å². The van der Waals surface area contributed by atoms with Crippen LogP contribution in [-0.2, 0) is 27.2 Å². The molecular formula is C21H19ClF6N2O4S. The first-order valence-corrected chi connectivity index (χ1v) is 12.1. The number of carbonyl (C=O) groups excluding carboxylic acids is 1. The maximum atomic E-state index is 13.0. The van der Waals surface area contributed by atoms with E-state index < -0.39 is 51.7 Å². The number of halogens is 7. The Morgan fingerprint density at radius 1 is 0.971 bits per heavy atom. The Labute approximate surface area is 201 Å². The van der Waals surface area contributed by atoms with Crippen LogP contribution < -0.4 is 14.8 Å². The zero-order valence-electron chi connectivity index (χ0n) is 17.8. The van der Waals surface area contributed by atoms with Crippen LogP contribution in [0.2, 0.25) is 5.02 Å². The van der Waals surface area contributed by atoms with Gasteiger partial charge in [0.25, 0.3) is 5.91 Å². The van der Waals surface area contributed by atoms with Crippen molar-refractivity contribution in [2.24, 2.45) is 0 Å².